The Kier molecular flexibility index (Phi) is 12.5. The van der Waals surface area contributed by atoms with Gasteiger partial charge in [-0.15, -0.1) is 0 Å². The van der Waals surface area contributed by atoms with Gasteiger partial charge in [-0.1, -0.05) is 6.07 Å². The SMILES string of the molecule is NC1CCC(Oc2ccc(OC3CCC(N)CC3)cc2)CC1.NC1CCC(Oc2cccc(OC3CCC(N)CC3)c2)CC1. The smallest absolute Gasteiger partial charge is 0.123 e. The summed E-state index contributed by atoms with van der Waals surface area (Å²) in [6.45, 7) is 0. The van der Waals surface area contributed by atoms with E-state index in [0.717, 1.165) is 126 Å². The topological polar surface area (TPSA) is 141 Å². The Bertz CT molecular complexity index is 1000. The van der Waals surface area contributed by atoms with Gasteiger partial charge in [0.1, 0.15) is 23.0 Å². The van der Waals surface area contributed by atoms with Gasteiger partial charge in [0.25, 0.3) is 0 Å². The lowest BCUT2D eigenvalue weighted by atomic mass is 9.93. The van der Waals surface area contributed by atoms with E-state index in [1.54, 1.807) is 0 Å². The van der Waals surface area contributed by atoms with Gasteiger partial charge >= 0.3 is 0 Å². The molecule has 4 saturated carbocycles. The number of rotatable bonds is 8. The van der Waals surface area contributed by atoms with Crippen LogP contribution in [0.3, 0.4) is 0 Å². The van der Waals surface area contributed by atoms with Crippen LogP contribution in [-0.2, 0) is 0 Å². The van der Waals surface area contributed by atoms with E-state index in [-0.39, 0.29) is 0 Å². The second kappa shape index (κ2) is 16.7. The third-order valence-electron chi connectivity index (χ3n) is 9.72. The molecule has 4 aliphatic rings. The summed E-state index contributed by atoms with van der Waals surface area (Å²) in [7, 11) is 0. The van der Waals surface area contributed by atoms with Crippen LogP contribution in [0.4, 0.5) is 0 Å². The van der Waals surface area contributed by atoms with Gasteiger partial charge in [0.2, 0.25) is 0 Å². The lowest BCUT2D eigenvalue weighted by Crippen LogP contribution is -2.32. The minimum atomic E-state index is 0.294. The van der Waals surface area contributed by atoms with Crippen LogP contribution in [0.2, 0.25) is 0 Å². The standard InChI is InChI=1S/2C18H28N2O2/c19-13-1-5-15(6-2-13)21-17-9-11-18(12-10-17)22-16-7-3-14(20)4-8-16;19-13-4-8-15(9-5-13)21-17-2-1-3-18(12-17)22-16-10-6-14(20)7-11-16/h9-16H,1-8,19-20H2;1-3,12-16H,4-11,19-20H2. The molecular formula is C36H56N4O4. The van der Waals surface area contributed by atoms with Gasteiger partial charge in [-0.3, -0.25) is 0 Å². The second-order valence-corrected chi connectivity index (χ2v) is 13.6. The Balaban J connectivity index is 0.000000175. The predicted molar refractivity (Wildman–Crippen MR) is 176 cm³/mol. The maximum Gasteiger partial charge on any atom is 0.123 e. The van der Waals surface area contributed by atoms with Gasteiger partial charge in [-0.05, 0) is 139 Å². The van der Waals surface area contributed by atoms with Crippen molar-refractivity contribution in [3.63, 3.8) is 0 Å². The molecule has 6 rings (SSSR count). The van der Waals surface area contributed by atoms with Gasteiger partial charge in [0.15, 0.2) is 0 Å². The minimum Gasteiger partial charge on any atom is -0.490 e. The van der Waals surface area contributed by atoms with Crippen molar-refractivity contribution in [1.82, 2.24) is 0 Å². The van der Waals surface area contributed by atoms with Gasteiger partial charge < -0.3 is 41.9 Å². The van der Waals surface area contributed by atoms with Crippen molar-refractivity contribution in [3.8, 4) is 23.0 Å². The Morgan fingerprint density at radius 2 is 0.591 bits per heavy atom. The van der Waals surface area contributed by atoms with Crippen LogP contribution in [0.5, 0.6) is 23.0 Å². The zero-order chi connectivity index (χ0) is 30.7. The fourth-order valence-corrected chi connectivity index (χ4v) is 6.81. The molecule has 0 unspecified atom stereocenters. The lowest BCUT2D eigenvalue weighted by Gasteiger charge is -2.28. The Hall–Kier alpha value is -2.52. The van der Waals surface area contributed by atoms with Crippen molar-refractivity contribution in [3.05, 3.63) is 48.5 Å². The molecule has 8 heteroatoms. The monoisotopic (exact) mass is 608 g/mol. The van der Waals surface area contributed by atoms with E-state index in [2.05, 4.69) is 0 Å². The van der Waals surface area contributed by atoms with Crippen LogP contribution in [-0.4, -0.2) is 48.6 Å². The summed E-state index contributed by atoms with van der Waals surface area (Å²) in [6, 6.07) is 17.5. The molecule has 8 N–H and O–H groups in total. The maximum absolute atomic E-state index is 6.09. The van der Waals surface area contributed by atoms with E-state index in [1.807, 2.05) is 48.5 Å². The molecule has 0 aromatic heterocycles. The lowest BCUT2D eigenvalue weighted by molar-refractivity contribution is 0.138. The molecule has 2 aromatic rings. The molecule has 0 radical (unpaired) electrons. The van der Waals surface area contributed by atoms with Crippen LogP contribution >= 0.6 is 0 Å². The van der Waals surface area contributed by atoms with Crippen LogP contribution in [0, 0.1) is 0 Å². The van der Waals surface area contributed by atoms with E-state index in [9.17, 15) is 0 Å². The first-order valence-corrected chi connectivity index (χ1v) is 17.3. The maximum atomic E-state index is 6.09. The molecule has 244 valence electrons. The number of nitrogens with two attached hydrogens (primary N) is 4. The third kappa shape index (κ3) is 10.8. The van der Waals surface area contributed by atoms with E-state index in [4.69, 9.17) is 41.9 Å². The summed E-state index contributed by atoms with van der Waals surface area (Å²) in [5.74, 6) is 3.67. The molecule has 0 atom stereocenters. The summed E-state index contributed by atoms with van der Waals surface area (Å²) in [5, 5.41) is 0. The summed E-state index contributed by atoms with van der Waals surface area (Å²) in [5.41, 5.74) is 23.7. The highest BCUT2D eigenvalue weighted by Gasteiger charge is 2.23. The molecule has 44 heavy (non-hydrogen) atoms. The quantitative estimate of drug-likeness (QED) is 0.287. The zero-order valence-electron chi connectivity index (χ0n) is 26.5. The summed E-state index contributed by atoms with van der Waals surface area (Å²) in [4.78, 5) is 0. The predicted octanol–water partition coefficient (Wildman–Crippen LogP) is 5.97. The molecule has 0 aliphatic heterocycles. The molecule has 0 bridgehead atoms. The number of hydrogen-bond acceptors (Lipinski definition) is 8. The van der Waals surface area contributed by atoms with E-state index < -0.39 is 0 Å². The molecule has 4 aliphatic carbocycles. The summed E-state index contributed by atoms with van der Waals surface area (Å²) >= 11 is 0. The highest BCUT2D eigenvalue weighted by Crippen LogP contribution is 2.29. The average Bonchev–Trinajstić information content (AvgIpc) is 3.03. The van der Waals surface area contributed by atoms with Crippen molar-refractivity contribution < 1.29 is 18.9 Å². The summed E-state index contributed by atoms with van der Waals surface area (Å²) in [6.07, 6.45) is 18.1. The first-order valence-electron chi connectivity index (χ1n) is 17.3. The van der Waals surface area contributed by atoms with Crippen LogP contribution < -0.4 is 41.9 Å². The van der Waals surface area contributed by atoms with Gasteiger partial charge in [-0.2, -0.15) is 0 Å². The molecular weight excluding hydrogens is 552 g/mol. The molecule has 4 fully saturated rings. The normalized spacial score (nSPS) is 32.5. The first-order chi connectivity index (χ1) is 21.4. The zero-order valence-corrected chi connectivity index (χ0v) is 26.5. The second-order valence-electron chi connectivity index (χ2n) is 13.6. The fraction of sp³-hybridized carbons (Fsp3) is 0.667. The van der Waals surface area contributed by atoms with Crippen molar-refractivity contribution in [2.24, 2.45) is 22.9 Å². The highest BCUT2D eigenvalue weighted by atomic mass is 16.5. The van der Waals surface area contributed by atoms with E-state index >= 15 is 0 Å². The molecule has 0 saturated heterocycles. The first kappa shape index (κ1) is 32.9. The molecule has 0 amide bonds. The highest BCUT2D eigenvalue weighted by molar-refractivity contribution is 5.33. The Morgan fingerprint density at radius 1 is 0.341 bits per heavy atom. The number of ether oxygens (including phenoxy) is 4. The Labute approximate surface area is 264 Å². The van der Waals surface area contributed by atoms with Crippen LogP contribution in [0.25, 0.3) is 0 Å². The van der Waals surface area contributed by atoms with Crippen LogP contribution in [0.1, 0.15) is 103 Å². The van der Waals surface area contributed by atoms with E-state index in [0.29, 0.717) is 48.6 Å². The van der Waals surface area contributed by atoms with Crippen molar-refractivity contribution in [2.75, 3.05) is 0 Å². The largest absolute Gasteiger partial charge is 0.490 e. The van der Waals surface area contributed by atoms with Gasteiger partial charge in [0, 0.05) is 30.2 Å². The average molecular weight is 609 g/mol. The minimum absolute atomic E-state index is 0.294. The van der Waals surface area contributed by atoms with Crippen molar-refractivity contribution in [1.29, 1.82) is 0 Å². The fourth-order valence-electron chi connectivity index (χ4n) is 6.81. The van der Waals surface area contributed by atoms with Crippen LogP contribution in [0.15, 0.2) is 48.5 Å². The van der Waals surface area contributed by atoms with Crippen molar-refractivity contribution in [2.45, 2.75) is 151 Å². The third-order valence-corrected chi connectivity index (χ3v) is 9.72. The van der Waals surface area contributed by atoms with Gasteiger partial charge in [0.05, 0.1) is 24.4 Å². The summed E-state index contributed by atoms with van der Waals surface area (Å²) < 4.78 is 24.3. The van der Waals surface area contributed by atoms with E-state index in [1.165, 1.54) is 0 Å². The Morgan fingerprint density at radius 3 is 0.864 bits per heavy atom. The molecule has 8 nitrogen and oxygen atoms in total. The molecule has 0 spiro atoms. The number of benzene rings is 2. The number of hydrogen-bond donors (Lipinski definition) is 4. The molecule has 0 heterocycles. The molecule has 2 aromatic carbocycles. The van der Waals surface area contributed by atoms with Gasteiger partial charge in [-0.25, -0.2) is 0 Å². The van der Waals surface area contributed by atoms with Crippen molar-refractivity contribution >= 4 is 0 Å².